The number of aromatic nitrogens is 2. The molecule has 0 aliphatic rings. The molecule has 0 radical (unpaired) electrons. The summed E-state index contributed by atoms with van der Waals surface area (Å²) in [6.45, 7) is 0. The largest absolute Gasteiger partial charge is 0.364 e. The zero-order valence-corrected chi connectivity index (χ0v) is 12.0. The molecule has 0 bridgehead atoms. The SMILES string of the molecule is NC(=O)c1ncc(-c2ccccc2F)c2c1[nH]c1ccccc12. The van der Waals surface area contributed by atoms with Gasteiger partial charge in [0.1, 0.15) is 5.82 Å². The van der Waals surface area contributed by atoms with E-state index in [9.17, 15) is 9.18 Å². The van der Waals surface area contributed by atoms with Crippen molar-refractivity contribution in [3.8, 4) is 11.1 Å². The van der Waals surface area contributed by atoms with Gasteiger partial charge in [-0.15, -0.1) is 0 Å². The number of primary amides is 1. The summed E-state index contributed by atoms with van der Waals surface area (Å²) in [5, 5.41) is 1.64. The standard InChI is InChI=1S/C18H12FN3O/c19-13-7-3-1-5-10(13)12-9-21-17(18(20)23)16-15(12)11-6-2-4-8-14(11)22-16/h1-9,22H,(H2,20,23). The number of amides is 1. The van der Waals surface area contributed by atoms with Crippen LogP contribution in [0.25, 0.3) is 32.9 Å². The minimum Gasteiger partial charge on any atom is -0.364 e. The van der Waals surface area contributed by atoms with Crippen molar-refractivity contribution < 1.29 is 9.18 Å². The van der Waals surface area contributed by atoms with Crippen LogP contribution in [-0.4, -0.2) is 15.9 Å². The second kappa shape index (κ2) is 4.91. The maximum absolute atomic E-state index is 14.2. The van der Waals surface area contributed by atoms with Gasteiger partial charge in [0, 0.05) is 33.6 Å². The molecular formula is C18H12FN3O. The highest BCUT2D eigenvalue weighted by Crippen LogP contribution is 2.36. The van der Waals surface area contributed by atoms with Gasteiger partial charge in [-0.2, -0.15) is 0 Å². The van der Waals surface area contributed by atoms with E-state index in [0.29, 0.717) is 16.6 Å². The molecule has 112 valence electrons. The normalized spacial score (nSPS) is 11.2. The number of rotatable bonds is 2. The summed E-state index contributed by atoms with van der Waals surface area (Å²) in [5.41, 5.74) is 8.01. The molecular weight excluding hydrogens is 293 g/mol. The molecule has 23 heavy (non-hydrogen) atoms. The number of fused-ring (bicyclic) bond motifs is 3. The molecule has 0 saturated heterocycles. The number of carbonyl (C=O) groups is 1. The summed E-state index contributed by atoms with van der Waals surface area (Å²) in [6.07, 6.45) is 1.50. The molecule has 2 aromatic carbocycles. The van der Waals surface area contributed by atoms with E-state index in [2.05, 4.69) is 9.97 Å². The van der Waals surface area contributed by atoms with Crippen molar-refractivity contribution in [1.29, 1.82) is 0 Å². The lowest BCUT2D eigenvalue weighted by Crippen LogP contribution is -2.13. The predicted molar refractivity (Wildman–Crippen MR) is 87.5 cm³/mol. The highest BCUT2D eigenvalue weighted by atomic mass is 19.1. The molecule has 0 unspecified atom stereocenters. The fourth-order valence-electron chi connectivity index (χ4n) is 2.93. The van der Waals surface area contributed by atoms with Gasteiger partial charge in [0.25, 0.3) is 5.91 Å². The minimum absolute atomic E-state index is 0.149. The average Bonchev–Trinajstić information content (AvgIpc) is 2.94. The molecule has 0 saturated carbocycles. The van der Waals surface area contributed by atoms with Crippen LogP contribution in [0.3, 0.4) is 0 Å². The summed E-state index contributed by atoms with van der Waals surface area (Å²) < 4.78 is 14.2. The van der Waals surface area contributed by atoms with Crippen molar-refractivity contribution >= 4 is 27.7 Å². The number of H-pyrrole nitrogens is 1. The van der Waals surface area contributed by atoms with Gasteiger partial charge >= 0.3 is 0 Å². The Bertz CT molecular complexity index is 1070. The van der Waals surface area contributed by atoms with Crippen LogP contribution in [0.15, 0.2) is 54.7 Å². The summed E-state index contributed by atoms with van der Waals surface area (Å²) in [5.74, 6) is -0.964. The minimum atomic E-state index is -0.623. The van der Waals surface area contributed by atoms with Crippen LogP contribution in [0.1, 0.15) is 10.5 Å². The smallest absolute Gasteiger partial charge is 0.269 e. The first kappa shape index (κ1) is 13.5. The summed E-state index contributed by atoms with van der Waals surface area (Å²) in [4.78, 5) is 19.0. The Kier molecular flexibility index (Phi) is 2.87. The molecule has 4 aromatic rings. The fraction of sp³-hybridized carbons (Fsp3) is 0. The molecule has 1 amide bonds. The zero-order chi connectivity index (χ0) is 16.0. The van der Waals surface area contributed by atoms with Gasteiger partial charge in [0.15, 0.2) is 5.69 Å². The van der Waals surface area contributed by atoms with Crippen molar-refractivity contribution in [2.45, 2.75) is 0 Å². The topological polar surface area (TPSA) is 71.8 Å². The number of benzene rings is 2. The molecule has 0 atom stereocenters. The number of nitrogens with zero attached hydrogens (tertiary/aromatic N) is 1. The number of hydrogen-bond acceptors (Lipinski definition) is 2. The molecule has 0 fully saturated rings. The Labute approximate surface area is 130 Å². The Hall–Kier alpha value is -3.21. The summed E-state index contributed by atoms with van der Waals surface area (Å²) in [6, 6.07) is 14.1. The first-order valence-corrected chi connectivity index (χ1v) is 7.11. The number of nitrogens with two attached hydrogens (primary N) is 1. The Morgan fingerprint density at radius 1 is 1.04 bits per heavy atom. The Balaban J connectivity index is 2.20. The van der Waals surface area contributed by atoms with Crippen molar-refractivity contribution in [2.24, 2.45) is 5.73 Å². The number of aromatic amines is 1. The second-order valence-corrected chi connectivity index (χ2v) is 5.29. The Morgan fingerprint density at radius 2 is 1.78 bits per heavy atom. The first-order chi connectivity index (χ1) is 11.2. The molecule has 0 spiro atoms. The number of halogens is 1. The van der Waals surface area contributed by atoms with Crippen molar-refractivity contribution in [1.82, 2.24) is 9.97 Å². The molecule has 2 aromatic heterocycles. The van der Waals surface area contributed by atoms with Gasteiger partial charge in [-0.05, 0) is 12.1 Å². The zero-order valence-electron chi connectivity index (χ0n) is 12.0. The number of hydrogen-bond donors (Lipinski definition) is 2. The van der Waals surface area contributed by atoms with E-state index in [1.54, 1.807) is 18.2 Å². The highest BCUT2D eigenvalue weighted by molar-refractivity contribution is 6.18. The van der Waals surface area contributed by atoms with Crippen molar-refractivity contribution in [2.75, 3.05) is 0 Å². The van der Waals surface area contributed by atoms with Gasteiger partial charge in [0.2, 0.25) is 0 Å². The van der Waals surface area contributed by atoms with E-state index < -0.39 is 5.91 Å². The number of carbonyl (C=O) groups excluding carboxylic acids is 1. The average molecular weight is 305 g/mol. The lowest BCUT2D eigenvalue weighted by Gasteiger charge is -2.07. The molecule has 3 N–H and O–H groups in total. The Morgan fingerprint density at radius 3 is 2.57 bits per heavy atom. The van der Waals surface area contributed by atoms with Crippen LogP contribution in [0.5, 0.6) is 0 Å². The lowest BCUT2D eigenvalue weighted by molar-refractivity contribution is 0.0997. The fourth-order valence-corrected chi connectivity index (χ4v) is 2.93. The maximum atomic E-state index is 14.2. The van der Waals surface area contributed by atoms with Gasteiger partial charge in [0.05, 0.1) is 5.52 Å². The molecule has 0 aliphatic heterocycles. The molecule has 0 aliphatic carbocycles. The van der Waals surface area contributed by atoms with Gasteiger partial charge in [-0.1, -0.05) is 36.4 Å². The summed E-state index contributed by atoms with van der Waals surface area (Å²) >= 11 is 0. The predicted octanol–water partition coefficient (Wildman–Crippen LogP) is 3.62. The van der Waals surface area contributed by atoms with Gasteiger partial charge < -0.3 is 10.7 Å². The number of nitrogens with one attached hydrogen (secondary N) is 1. The van der Waals surface area contributed by atoms with Crippen LogP contribution in [0.2, 0.25) is 0 Å². The molecule has 5 heteroatoms. The van der Waals surface area contributed by atoms with Gasteiger partial charge in [-0.25, -0.2) is 9.37 Å². The summed E-state index contributed by atoms with van der Waals surface area (Å²) in [7, 11) is 0. The number of pyridine rings is 1. The van der Waals surface area contributed by atoms with Crippen molar-refractivity contribution in [3.05, 3.63) is 66.2 Å². The van der Waals surface area contributed by atoms with E-state index >= 15 is 0 Å². The maximum Gasteiger partial charge on any atom is 0.269 e. The van der Waals surface area contributed by atoms with E-state index in [0.717, 1.165) is 16.3 Å². The number of para-hydroxylation sites is 1. The van der Waals surface area contributed by atoms with E-state index in [-0.39, 0.29) is 11.5 Å². The van der Waals surface area contributed by atoms with Crippen LogP contribution >= 0.6 is 0 Å². The third-order valence-corrected chi connectivity index (χ3v) is 3.93. The van der Waals surface area contributed by atoms with E-state index in [1.807, 2.05) is 24.3 Å². The second-order valence-electron chi connectivity index (χ2n) is 5.29. The molecule has 4 rings (SSSR count). The van der Waals surface area contributed by atoms with Crippen LogP contribution in [0.4, 0.5) is 4.39 Å². The third-order valence-electron chi connectivity index (χ3n) is 3.93. The van der Waals surface area contributed by atoms with E-state index in [4.69, 9.17) is 5.73 Å². The quantitative estimate of drug-likeness (QED) is 0.593. The molecule has 2 heterocycles. The first-order valence-electron chi connectivity index (χ1n) is 7.11. The highest BCUT2D eigenvalue weighted by Gasteiger charge is 2.18. The monoisotopic (exact) mass is 305 g/mol. The van der Waals surface area contributed by atoms with Crippen LogP contribution < -0.4 is 5.73 Å². The van der Waals surface area contributed by atoms with Gasteiger partial charge in [-0.3, -0.25) is 4.79 Å². The van der Waals surface area contributed by atoms with E-state index in [1.165, 1.54) is 12.3 Å². The van der Waals surface area contributed by atoms with Crippen LogP contribution in [-0.2, 0) is 0 Å². The van der Waals surface area contributed by atoms with Crippen molar-refractivity contribution in [3.63, 3.8) is 0 Å². The third kappa shape index (κ3) is 1.97. The van der Waals surface area contributed by atoms with Crippen LogP contribution in [0, 0.1) is 5.82 Å². The molecule has 4 nitrogen and oxygen atoms in total. The lowest BCUT2D eigenvalue weighted by atomic mass is 10.00.